The molecule has 7 nitrogen and oxygen atoms in total. The molecule has 0 heterocycles. The molecule has 0 aliphatic heterocycles. The van der Waals surface area contributed by atoms with Crippen molar-refractivity contribution in [3.05, 3.63) is 83.4 Å². The van der Waals surface area contributed by atoms with Crippen molar-refractivity contribution in [2.75, 3.05) is 27.8 Å². The standard InChI is InChI=1S/C26H28N4O3/c1-4-24(31)30-23-15-22(9-8-18(23)3)27-16-25(32)28-20-10-12-21(13-11-20)29-26(33)19-7-5-6-17(2)14-19/h5-15,27H,4,16H2,1-3H3,(H,28,32)(H,29,33)(H,30,31). The second-order valence-electron chi connectivity index (χ2n) is 7.73. The summed E-state index contributed by atoms with van der Waals surface area (Å²) in [4.78, 5) is 36.3. The van der Waals surface area contributed by atoms with Crippen molar-refractivity contribution in [3.63, 3.8) is 0 Å². The Kier molecular flexibility index (Phi) is 7.81. The topological polar surface area (TPSA) is 99.3 Å². The van der Waals surface area contributed by atoms with E-state index in [1.165, 1.54) is 0 Å². The SMILES string of the molecule is CCC(=O)Nc1cc(NCC(=O)Nc2ccc(NC(=O)c3cccc(C)c3)cc2)ccc1C. The largest absolute Gasteiger partial charge is 0.376 e. The van der Waals surface area contributed by atoms with Crippen LogP contribution in [0.1, 0.15) is 34.8 Å². The minimum atomic E-state index is -0.216. The van der Waals surface area contributed by atoms with Gasteiger partial charge in [-0.15, -0.1) is 0 Å². The minimum absolute atomic E-state index is 0.0634. The third-order valence-corrected chi connectivity index (χ3v) is 4.99. The Hall–Kier alpha value is -4.13. The zero-order valence-electron chi connectivity index (χ0n) is 19.0. The van der Waals surface area contributed by atoms with Crippen LogP contribution in [-0.4, -0.2) is 24.3 Å². The molecule has 3 aromatic rings. The van der Waals surface area contributed by atoms with Crippen LogP contribution in [-0.2, 0) is 9.59 Å². The number of aryl methyl sites for hydroxylation is 2. The summed E-state index contributed by atoms with van der Waals surface area (Å²) in [6, 6.07) is 19.8. The number of benzene rings is 3. The maximum atomic E-state index is 12.4. The highest BCUT2D eigenvalue weighted by atomic mass is 16.2. The van der Waals surface area contributed by atoms with Crippen molar-refractivity contribution < 1.29 is 14.4 Å². The summed E-state index contributed by atoms with van der Waals surface area (Å²) in [5, 5.41) is 11.6. The molecule has 0 bridgehead atoms. The molecule has 0 unspecified atom stereocenters. The van der Waals surface area contributed by atoms with Crippen molar-refractivity contribution in [2.45, 2.75) is 27.2 Å². The molecule has 3 amide bonds. The van der Waals surface area contributed by atoms with Gasteiger partial charge in [-0.25, -0.2) is 0 Å². The molecule has 0 aliphatic carbocycles. The Labute approximate surface area is 193 Å². The Morgan fingerprint density at radius 2 is 1.39 bits per heavy atom. The molecule has 170 valence electrons. The fourth-order valence-electron chi connectivity index (χ4n) is 3.12. The monoisotopic (exact) mass is 444 g/mol. The van der Waals surface area contributed by atoms with Gasteiger partial charge in [0.15, 0.2) is 0 Å². The second kappa shape index (κ2) is 10.9. The van der Waals surface area contributed by atoms with E-state index in [9.17, 15) is 14.4 Å². The van der Waals surface area contributed by atoms with Gasteiger partial charge in [-0.2, -0.15) is 0 Å². The van der Waals surface area contributed by atoms with Crippen LogP contribution in [0.2, 0.25) is 0 Å². The normalized spacial score (nSPS) is 10.3. The molecule has 0 spiro atoms. The fraction of sp³-hybridized carbons (Fsp3) is 0.192. The lowest BCUT2D eigenvalue weighted by atomic mass is 10.1. The first-order valence-corrected chi connectivity index (χ1v) is 10.8. The molecule has 0 saturated carbocycles. The highest BCUT2D eigenvalue weighted by Gasteiger charge is 2.08. The summed E-state index contributed by atoms with van der Waals surface area (Å²) in [5.41, 5.74) is 5.26. The number of carbonyl (C=O) groups is 3. The molecule has 3 aromatic carbocycles. The molecule has 0 aromatic heterocycles. The number of anilines is 4. The summed E-state index contributed by atoms with van der Waals surface area (Å²) < 4.78 is 0. The third kappa shape index (κ3) is 6.93. The van der Waals surface area contributed by atoms with Gasteiger partial charge in [0.05, 0.1) is 6.54 Å². The van der Waals surface area contributed by atoms with E-state index in [0.29, 0.717) is 23.4 Å². The summed E-state index contributed by atoms with van der Waals surface area (Å²) in [6.07, 6.45) is 0.397. The van der Waals surface area contributed by atoms with Gasteiger partial charge in [0.25, 0.3) is 5.91 Å². The molecule has 0 saturated heterocycles. The van der Waals surface area contributed by atoms with Crippen molar-refractivity contribution in [1.29, 1.82) is 0 Å². The molecule has 0 radical (unpaired) electrons. The van der Waals surface area contributed by atoms with Crippen LogP contribution in [0.3, 0.4) is 0 Å². The first-order valence-electron chi connectivity index (χ1n) is 10.8. The van der Waals surface area contributed by atoms with Gasteiger partial charge in [0.2, 0.25) is 11.8 Å². The molecule has 3 rings (SSSR count). The first kappa shape index (κ1) is 23.5. The van der Waals surface area contributed by atoms with Gasteiger partial charge >= 0.3 is 0 Å². The van der Waals surface area contributed by atoms with E-state index in [-0.39, 0.29) is 24.3 Å². The maximum Gasteiger partial charge on any atom is 0.255 e. The number of carbonyl (C=O) groups excluding carboxylic acids is 3. The van der Waals surface area contributed by atoms with Crippen LogP contribution in [0.5, 0.6) is 0 Å². The predicted octanol–water partition coefficient (Wildman–Crippen LogP) is 4.95. The zero-order valence-corrected chi connectivity index (χ0v) is 19.0. The predicted molar refractivity (Wildman–Crippen MR) is 133 cm³/mol. The van der Waals surface area contributed by atoms with Gasteiger partial charge in [0, 0.05) is 34.7 Å². The highest BCUT2D eigenvalue weighted by Crippen LogP contribution is 2.21. The molecule has 0 aliphatic rings. The Morgan fingerprint density at radius 1 is 0.727 bits per heavy atom. The Balaban J connectivity index is 1.52. The quantitative estimate of drug-likeness (QED) is 0.395. The third-order valence-electron chi connectivity index (χ3n) is 4.99. The van der Waals surface area contributed by atoms with Gasteiger partial charge in [-0.3, -0.25) is 14.4 Å². The van der Waals surface area contributed by atoms with Crippen LogP contribution in [0.25, 0.3) is 0 Å². The number of hydrogen-bond donors (Lipinski definition) is 4. The molecular formula is C26H28N4O3. The molecule has 0 fully saturated rings. The van der Waals surface area contributed by atoms with E-state index >= 15 is 0 Å². The fourth-order valence-corrected chi connectivity index (χ4v) is 3.12. The van der Waals surface area contributed by atoms with Gasteiger partial charge in [-0.05, 0) is 67.9 Å². The van der Waals surface area contributed by atoms with Gasteiger partial charge in [0.1, 0.15) is 0 Å². The van der Waals surface area contributed by atoms with Crippen LogP contribution in [0, 0.1) is 13.8 Å². The average molecular weight is 445 g/mol. The summed E-state index contributed by atoms with van der Waals surface area (Å²) in [6.45, 7) is 5.71. The molecule has 7 heteroatoms. The minimum Gasteiger partial charge on any atom is -0.376 e. The summed E-state index contributed by atoms with van der Waals surface area (Å²) in [7, 11) is 0. The highest BCUT2D eigenvalue weighted by molar-refractivity contribution is 6.04. The van der Waals surface area contributed by atoms with Crippen LogP contribution < -0.4 is 21.3 Å². The lowest BCUT2D eigenvalue weighted by molar-refractivity contribution is -0.116. The second-order valence-corrected chi connectivity index (χ2v) is 7.73. The number of amides is 3. The summed E-state index contributed by atoms with van der Waals surface area (Å²) in [5.74, 6) is -0.468. The zero-order chi connectivity index (χ0) is 23.8. The van der Waals surface area contributed by atoms with Crippen LogP contribution >= 0.6 is 0 Å². The van der Waals surface area contributed by atoms with E-state index in [1.54, 1.807) is 37.3 Å². The first-order chi connectivity index (χ1) is 15.8. The van der Waals surface area contributed by atoms with Gasteiger partial charge < -0.3 is 21.3 Å². The van der Waals surface area contributed by atoms with Gasteiger partial charge in [-0.1, -0.05) is 30.7 Å². The van der Waals surface area contributed by atoms with E-state index in [4.69, 9.17) is 0 Å². The van der Waals surface area contributed by atoms with Crippen molar-refractivity contribution in [3.8, 4) is 0 Å². The number of hydrogen-bond acceptors (Lipinski definition) is 4. The van der Waals surface area contributed by atoms with Crippen molar-refractivity contribution in [2.24, 2.45) is 0 Å². The number of nitrogens with one attached hydrogen (secondary N) is 4. The lowest BCUT2D eigenvalue weighted by Gasteiger charge is -2.12. The van der Waals surface area contributed by atoms with Crippen LogP contribution in [0.15, 0.2) is 66.7 Å². The van der Waals surface area contributed by atoms with Crippen molar-refractivity contribution in [1.82, 2.24) is 0 Å². The van der Waals surface area contributed by atoms with E-state index < -0.39 is 0 Å². The van der Waals surface area contributed by atoms with Crippen molar-refractivity contribution >= 4 is 40.5 Å². The molecular weight excluding hydrogens is 416 g/mol. The lowest BCUT2D eigenvalue weighted by Crippen LogP contribution is -2.22. The van der Waals surface area contributed by atoms with E-state index in [1.807, 2.05) is 50.2 Å². The molecule has 0 atom stereocenters. The van der Waals surface area contributed by atoms with E-state index in [0.717, 1.165) is 22.5 Å². The Morgan fingerprint density at radius 3 is 2.06 bits per heavy atom. The smallest absolute Gasteiger partial charge is 0.255 e. The number of rotatable bonds is 8. The average Bonchev–Trinajstić information content (AvgIpc) is 2.80. The molecule has 4 N–H and O–H groups in total. The maximum absolute atomic E-state index is 12.4. The summed E-state index contributed by atoms with van der Waals surface area (Å²) >= 11 is 0. The molecule has 33 heavy (non-hydrogen) atoms. The Bertz CT molecular complexity index is 1160. The van der Waals surface area contributed by atoms with E-state index in [2.05, 4.69) is 21.3 Å². The van der Waals surface area contributed by atoms with Crippen LogP contribution in [0.4, 0.5) is 22.7 Å².